The Labute approximate surface area is 147 Å². The first-order valence-electron chi connectivity index (χ1n) is 7.75. The predicted molar refractivity (Wildman–Crippen MR) is 90.3 cm³/mol. The number of hydrogen-bond donors (Lipinski definition) is 1. The predicted octanol–water partition coefficient (Wildman–Crippen LogP) is 4.45. The van der Waals surface area contributed by atoms with Crippen LogP contribution in [0.15, 0.2) is 55.1 Å². The number of nitrogens with one attached hydrogen (secondary N) is 1. The Morgan fingerprint density at radius 1 is 1.00 bits per heavy atom. The van der Waals surface area contributed by atoms with E-state index in [9.17, 15) is 13.2 Å². The van der Waals surface area contributed by atoms with Crippen molar-refractivity contribution >= 4 is 5.82 Å². The summed E-state index contributed by atoms with van der Waals surface area (Å²) in [6, 6.07) is 7.48. The van der Waals surface area contributed by atoms with E-state index >= 15 is 0 Å². The number of nitrogens with zero attached hydrogens (tertiary/aromatic N) is 3. The molecule has 0 aliphatic heterocycles. The first-order valence-corrected chi connectivity index (χ1v) is 7.75. The number of anilines is 1. The zero-order valence-corrected chi connectivity index (χ0v) is 13.7. The van der Waals surface area contributed by atoms with Gasteiger partial charge in [0.05, 0.1) is 24.3 Å². The van der Waals surface area contributed by atoms with E-state index in [2.05, 4.69) is 25.0 Å². The third kappa shape index (κ3) is 4.47. The van der Waals surface area contributed by atoms with Crippen LogP contribution in [0, 0.1) is 5.82 Å². The van der Waals surface area contributed by atoms with Gasteiger partial charge in [0.15, 0.2) is 0 Å². The summed E-state index contributed by atoms with van der Waals surface area (Å²) < 4.78 is 41.9. The smallest absolute Gasteiger partial charge is 0.387 e. The summed E-state index contributed by atoms with van der Waals surface area (Å²) in [6.45, 7) is -1.00. The average molecular weight is 360 g/mol. The van der Waals surface area contributed by atoms with Gasteiger partial charge in [0.1, 0.15) is 17.4 Å². The summed E-state index contributed by atoms with van der Waals surface area (Å²) in [6.07, 6.45) is 5.71. The monoisotopic (exact) mass is 360 g/mol. The molecule has 0 amide bonds. The third-order valence-corrected chi connectivity index (χ3v) is 3.62. The van der Waals surface area contributed by atoms with Crippen LogP contribution in [0.5, 0.6) is 5.75 Å². The van der Waals surface area contributed by atoms with E-state index in [4.69, 9.17) is 0 Å². The molecule has 134 valence electrons. The molecule has 0 aliphatic carbocycles. The summed E-state index contributed by atoms with van der Waals surface area (Å²) in [5.74, 6) is 0.182. The molecule has 2 heterocycles. The lowest BCUT2D eigenvalue weighted by Crippen LogP contribution is -2.08. The third-order valence-electron chi connectivity index (χ3n) is 3.62. The maximum absolute atomic E-state index is 13.0. The fourth-order valence-electron chi connectivity index (χ4n) is 2.33. The molecule has 0 spiro atoms. The van der Waals surface area contributed by atoms with Crippen molar-refractivity contribution in [2.45, 2.75) is 19.6 Å². The van der Waals surface area contributed by atoms with Gasteiger partial charge in [-0.1, -0.05) is 12.1 Å². The van der Waals surface area contributed by atoms with E-state index < -0.39 is 6.61 Å². The highest BCUT2D eigenvalue weighted by Gasteiger charge is 2.09. The van der Waals surface area contributed by atoms with Gasteiger partial charge >= 0.3 is 6.61 Å². The van der Waals surface area contributed by atoms with Crippen LogP contribution >= 0.6 is 0 Å². The van der Waals surface area contributed by atoms with Gasteiger partial charge in [-0.25, -0.2) is 9.37 Å². The van der Waals surface area contributed by atoms with E-state index in [0.29, 0.717) is 17.1 Å². The first-order chi connectivity index (χ1) is 12.5. The number of halogens is 3. The van der Waals surface area contributed by atoms with Crippen molar-refractivity contribution in [2.24, 2.45) is 0 Å². The molecule has 3 aromatic rings. The summed E-state index contributed by atoms with van der Waals surface area (Å²) in [7, 11) is 0. The maximum atomic E-state index is 13.0. The van der Waals surface area contributed by atoms with Crippen molar-refractivity contribution in [1.29, 1.82) is 0 Å². The molecule has 1 N–H and O–H groups in total. The Hall–Kier alpha value is -3.16. The molecular formula is C18H15F3N4O. The highest BCUT2D eigenvalue weighted by Crippen LogP contribution is 2.23. The zero-order valence-electron chi connectivity index (χ0n) is 13.7. The lowest BCUT2D eigenvalue weighted by molar-refractivity contribution is -0.0500. The van der Waals surface area contributed by atoms with Gasteiger partial charge in [-0.2, -0.15) is 8.78 Å². The normalized spacial score (nSPS) is 12.0. The second kappa shape index (κ2) is 7.81. The summed E-state index contributed by atoms with van der Waals surface area (Å²) in [4.78, 5) is 12.4. The molecule has 26 heavy (non-hydrogen) atoms. The van der Waals surface area contributed by atoms with Crippen molar-refractivity contribution in [1.82, 2.24) is 15.0 Å². The van der Waals surface area contributed by atoms with Gasteiger partial charge in [-0.15, -0.1) is 0 Å². The van der Waals surface area contributed by atoms with Crippen LogP contribution in [0.25, 0.3) is 11.3 Å². The molecule has 0 aliphatic rings. The largest absolute Gasteiger partial charge is 0.433 e. The van der Waals surface area contributed by atoms with Gasteiger partial charge in [0, 0.05) is 17.8 Å². The van der Waals surface area contributed by atoms with Crippen molar-refractivity contribution in [3.05, 3.63) is 66.5 Å². The van der Waals surface area contributed by atoms with Crippen LogP contribution in [0.2, 0.25) is 0 Å². The van der Waals surface area contributed by atoms with Crippen LogP contribution < -0.4 is 10.1 Å². The molecule has 5 nitrogen and oxygen atoms in total. The number of hydrogen-bond acceptors (Lipinski definition) is 5. The number of ether oxygens (including phenoxy) is 1. The van der Waals surface area contributed by atoms with Gasteiger partial charge in [-0.3, -0.25) is 9.97 Å². The Morgan fingerprint density at radius 2 is 1.77 bits per heavy atom. The zero-order chi connectivity index (χ0) is 18.5. The topological polar surface area (TPSA) is 59.9 Å². The highest BCUT2D eigenvalue weighted by atomic mass is 19.3. The second-order valence-corrected chi connectivity index (χ2v) is 5.49. The van der Waals surface area contributed by atoms with Gasteiger partial charge in [0.2, 0.25) is 0 Å². The number of pyridine rings is 1. The fourth-order valence-corrected chi connectivity index (χ4v) is 2.33. The molecule has 0 saturated heterocycles. The number of rotatable bonds is 6. The minimum atomic E-state index is -2.92. The van der Waals surface area contributed by atoms with Crippen LogP contribution in [0.3, 0.4) is 0 Å². The van der Waals surface area contributed by atoms with Gasteiger partial charge in [-0.05, 0) is 30.7 Å². The molecule has 3 rings (SSSR count). The molecule has 0 unspecified atom stereocenters. The van der Waals surface area contributed by atoms with Crippen LogP contribution in [-0.2, 0) is 0 Å². The van der Waals surface area contributed by atoms with Crippen molar-refractivity contribution in [3.8, 4) is 17.0 Å². The second-order valence-electron chi connectivity index (χ2n) is 5.49. The standard InChI is InChI=1S/C18H15F3N4O/c1-11(12-2-4-14(19)5-3-12)25-17-10-23-16(9-24-17)13-6-15(8-22-7-13)26-18(20)21/h2-11,18H,1H3,(H,24,25)/t11-/m1/s1. The minimum absolute atomic E-state index is 0.0496. The van der Waals surface area contributed by atoms with E-state index in [1.807, 2.05) is 6.92 Å². The van der Waals surface area contributed by atoms with E-state index in [0.717, 1.165) is 5.56 Å². The van der Waals surface area contributed by atoms with E-state index in [1.165, 1.54) is 43.0 Å². The quantitative estimate of drug-likeness (QED) is 0.704. The van der Waals surface area contributed by atoms with Gasteiger partial charge in [0.25, 0.3) is 0 Å². The Bertz CT molecular complexity index is 857. The Balaban J connectivity index is 1.71. The minimum Gasteiger partial charge on any atom is -0.433 e. The number of alkyl halides is 2. The highest BCUT2D eigenvalue weighted by molar-refractivity contribution is 5.59. The Kier molecular flexibility index (Phi) is 5.31. The molecule has 0 radical (unpaired) electrons. The van der Waals surface area contributed by atoms with E-state index in [-0.39, 0.29) is 17.6 Å². The molecule has 0 fully saturated rings. The summed E-state index contributed by atoms with van der Waals surface area (Å²) >= 11 is 0. The summed E-state index contributed by atoms with van der Waals surface area (Å²) in [5.41, 5.74) is 1.88. The maximum Gasteiger partial charge on any atom is 0.387 e. The van der Waals surface area contributed by atoms with Crippen molar-refractivity contribution in [2.75, 3.05) is 5.32 Å². The Morgan fingerprint density at radius 3 is 2.42 bits per heavy atom. The van der Waals surface area contributed by atoms with Crippen molar-refractivity contribution in [3.63, 3.8) is 0 Å². The lowest BCUT2D eigenvalue weighted by atomic mass is 10.1. The molecule has 1 aromatic carbocycles. The lowest BCUT2D eigenvalue weighted by Gasteiger charge is -2.15. The van der Waals surface area contributed by atoms with Crippen LogP contribution in [-0.4, -0.2) is 21.6 Å². The molecule has 0 bridgehead atoms. The molecule has 0 saturated carbocycles. The molecule has 8 heteroatoms. The first kappa shape index (κ1) is 17.7. The molecular weight excluding hydrogens is 345 g/mol. The van der Waals surface area contributed by atoms with Crippen molar-refractivity contribution < 1.29 is 17.9 Å². The SMILES string of the molecule is C[C@@H](Nc1cnc(-c2cncc(OC(F)F)c2)cn1)c1ccc(F)cc1. The number of aromatic nitrogens is 3. The van der Waals surface area contributed by atoms with E-state index in [1.54, 1.807) is 12.1 Å². The van der Waals surface area contributed by atoms with Crippen LogP contribution in [0.1, 0.15) is 18.5 Å². The fraction of sp³-hybridized carbons (Fsp3) is 0.167. The van der Waals surface area contributed by atoms with Crippen LogP contribution in [0.4, 0.5) is 19.0 Å². The molecule has 2 aromatic heterocycles. The average Bonchev–Trinajstić information content (AvgIpc) is 2.62. The number of benzene rings is 1. The molecule has 1 atom stereocenters. The summed E-state index contributed by atoms with van der Waals surface area (Å²) in [5, 5.41) is 3.16. The van der Waals surface area contributed by atoms with Gasteiger partial charge < -0.3 is 10.1 Å².